The second-order valence-electron chi connectivity index (χ2n) is 20.3. The Morgan fingerprint density at radius 1 is 0.342 bits per heavy atom. The zero-order valence-electron chi connectivity index (χ0n) is 40.4. The first-order valence-electron chi connectivity index (χ1n) is 25.3. The normalized spacial score (nSPS) is 13.8. The number of fused-ring (bicyclic) bond motifs is 12. The fraction of sp³-hybridized carbons (Fsp3) is 0.0571. The van der Waals surface area contributed by atoms with Crippen LogP contribution < -0.4 is 4.90 Å². The van der Waals surface area contributed by atoms with Gasteiger partial charge in [0.15, 0.2) is 0 Å². The fourth-order valence-corrected chi connectivity index (χ4v) is 12.9. The quantitative estimate of drug-likeness (QED) is 0.159. The summed E-state index contributed by atoms with van der Waals surface area (Å²) in [6, 6.07) is 90.8. The minimum atomic E-state index is -0.570. The number of rotatable bonds is 7. The highest BCUT2D eigenvalue weighted by Crippen LogP contribution is 2.58. The van der Waals surface area contributed by atoms with E-state index in [0.29, 0.717) is 0 Å². The first-order valence-corrected chi connectivity index (χ1v) is 25.3. The summed E-state index contributed by atoms with van der Waals surface area (Å²) in [5.74, 6) is 0. The van der Waals surface area contributed by atoms with E-state index in [1.54, 1.807) is 0 Å². The summed E-state index contributed by atoms with van der Waals surface area (Å²) in [5, 5.41) is 4.11. The molecule has 2 heterocycles. The van der Waals surface area contributed by atoms with Crippen molar-refractivity contribution in [1.82, 2.24) is 0 Å². The van der Waals surface area contributed by atoms with Crippen LogP contribution in [-0.4, -0.2) is 0 Å². The molecule has 11 aromatic carbocycles. The molecule has 0 saturated carbocycles. The Morgan fingerprint density at radius 3 is 1.66 bits per heavy atom. The Hall–Kier alpha value is -9.18. The van der Waals surface area contributed by atoms with Crippen molar-refractivity contribution < 1.29 is 8.83 Å². The molecule has 0 fully saturated rings. The lowest BCUT2D eigenvalue weighted by atomic mass is 9.67. The molecule has 0 unspecified atom stereocenters. The molecule has 0 amide bonds. The zero-order chi connectivity index (χ0) is 48.4. The lowest BCUT2D eigenvalue weighted by Gasteiger charge is -2.34. The molecule has 2 aliphatic rings. The maximum absolute atomic E-state index is 7.39. The smallest absolute Gasteiger partial charge is 0.144 e. The molecule has 0 aliphatic heterocycles. The van der Waals surface area contributed by atoms with Crippen LogP contribution in [0.5, 0.6) is 0 Å². The minimum Gasteiger partial charge on any atom is -0.456 e. The van der Waals surface area contributed by atoms with Crippen LogP contribution in [0.2, 0.25) is 0 Å². The van der Waals surface area contributed by atoms with E-state index in [1.807, 2.05) is 0 Å². The summed E-state index contributed by atoms with van der Waals surface area (Å²) < 4.78 is 14.3. The van der Waals surface area contributed by atoms with Gasteiger partial charge in [-0.05, 0) is 127 Å². The number of benzene rings is 11. The minimum absolute atomic E-state index is 0.184. The van der Waals surface area contributed by atoms with Gasteiger partial charge >= 0.3 is 0 Å². The number of para-hydroxylation sites is 1. The predicted molar refractivity (Wildman–Crippen MR) is 301 cm³/mol. The van der Waals surface area contributed by atoms with E-state index in [0.717, 1.165) is 72.1 Å². The highest BCUT2D eigenvalue weighted by Gasteiger charge is 2.46. The van der Waals surface area contributed by atoms with Gasteiger partial charge < -0.3 is 13.7 Å². The van der Waals surface area contributed by atoms with E-state index in [-0.39, 0.29) is 5.41 Å². The van der Waals surface area contributed by atoms with E-state index in [1.165, 1.54) is 66.8 Å². The summed E-state index contributed by atoms with van der Waals surface area (Å²) in [7, 11) is 0. The zero-order valence-corrected chi connectivity index (χ0v) is 40.4. The predicted octanol–water partition coefficient (Wildman–Crippen LogP) is 19.0. The molecule has 3 nitrogen and oxygen atoms in total. The van der Waals surface area contributed by atoms with Crippen LogP contribution in [0, 0.1) is 0 Å². The first-order chi connectivity index (χ1) is 36.0. The van der Waals surface area contributed by atoms with Gasteiger partial charge in [0.25, 0.3) is 0 Å². The molecule has 13 aromatic rings. The van der Waals surface area contributed by atoms with Crippen LogP contribution in [0.15, 0.2) is 258 Å². The van der Waals surface area contributed by atoms with Crippen molar-refractivity contribution in [3.63, 3.8) is 0 Å². The van der Waals surface area contributed by atoms with Crippen LogP contribution in [0.1, 0.15) is 47.2 Å². The third-order valence-corrected chi connectivity index (χ3v) is 16.2. The van der Waals surface area contributed by atoms with Gasteiger partial charge in [0.1, 0.15) is 22.3 Å². The van der Waals surface area contributed by atoms with Crippen molar-refractivity contribution in [2.45, 2.75) is 24.7 Å². The lowest BCUT2D eigenvalue weighted by molar-refractivity contribution is 0.660. The van der Waals surface area contributed by atoms with Gasteiger partial charge in [-0.15, -0.1) is 0 Å². The van der Waals surface area contributed by atoms with Gasteiger partial charge in [-0.25, -0.2) is 0 Å². The maximum atomic E-state index is 7.39. The molecule has 73 heavy (non-hydrogen) atoms. The van der Waals surface area contributed by atoms with Crippen LogP contribution in [0.3, 0.4) is 0 Å². The van der Waals surface area contributed by atoms with Crippen LogP contribution >= 0.6 is 0 Å². The topological polar surface area (TPSA) is 29.5 Å². The van der Waals surface area contributed by atoms with Gasteiger partial charge in [0.05, 0.1) is 16.5 Å². The van der Waals surface area contributed by atoms with Crippen LogP contribution in [-0.2, 0) is 10.8 Å². The van der Waals surface area contributed by atoms with Gasteiger partial charge in [-0.3, -0.25) is 0 Å². The van der Waals surface area contributed by atoms with Crippen LogP contribution in [0.4, 0.5) is 17.1 Å². The van der Waals surface area contributed by atoms with E-state index in [9.17, 15) is 0 Å². The Labute approximate surface area is 423 Å². The Kier molecular flexibility index (Phi) is 8.92. The highest BCUT2D eigenvalue weighted by atomic mass is 16.3. The van der Waals surface area contributed by atoms with Crippen molar-refractivity contribution in [3.8, 4) is 44.5 Å². The summed E-state index contributed by atoms with van der Waals surface area (Å²) in [4.78, 5) is 2.43. The average molecular weight is 934 g/mol. The number of hydrogen-bond acceptors (Lipinski definition) is 3. The van der Waals surface area contributed by atoms with Gasteiger partial charge in [-0.2, -0.15) is 0 Å². The fourth-order valence-electron chi connectivity index (χ4n) is 12.9. The van der Waals surface area contributed by atoms with Crippen molar-refractivity contribution in [2.75, 3.05) is 4.90 Å². The summed E-state index contributed by atoms with van der Waals surface area (Å²) in [6.45, 7) is 4.71. The van der Waals surface area contributed by atoms with Crippen molar-refractivity contribution in [3.05, 3.63) is 282 Å². The molecule has 0 bridgehead atoms. The summed E-state index contributed by atoms with van der Waals surface area (Å²) in [6.07, 6.45) is 0. The third kappa shape index (κ3) is 5.94. The molecular weight excluding hydrogens is 887 g/mol. The highest BCUT2D eigenvalue weighted by molar-refractivity contribution is 6.25. The standard InChI is InChI=1S/C70H47NO2/c1-69(2)57-28-15-12-25-51(57)53-40-38-50(42-59(53)69)71(49-36-33-45(34-37-49)44-19-6-3-7-20-44)61-30-18-32-63-66(61)56-43-64-67(55-27-14-17-31-62(55)72-64)65(68(56)73-63)46-35-39-54-52-26-13-16-29-58(52)70(60(54)41-46,47-21-8-4-9-22-47)48-23-10-5-11-24-48/h3-43H,1-2H3. The molecule has 0 saturated heterocycles. The monoisotopic (exact) mass is 933 g/mol. The van der Waals surface area contributed by atoms with Gasteiger partial charge in [-0.1, -0.05) is 208 Å². The SMILES string of the molecule is CC1(C)c2ccccc2-c2ccc(N(c3ccc(-c4ccccc4)cc3)c3cccc4oc5c(-c6ccc7c(c6)C(c6ccccc6)(c6ccccc6)c6ccccc6-7)c6c(cc5c34)oc3ccccc36)cc21. The molecule has 3 heteroatoms. The largest absolute Gasteiger partial charge is 0.456 e. The van der Waals surface area contributed by atoms with E-state index < -0.39 is 5.41 Å². The molecule has 0 atom stereocenters. The Balaban J connectivity index is 1.01. The van der Waals surface area contributed by atoms with Gasteiger partial charge in [0.2, 0.25) is 0 Å². The third-order valence-electron chi connectivity index (χ3n) is 16.2. The maximum Gasteiger partial charge on any atom is 0.144 e. The Bertz CT molecular complexity index is 4290. The molecule has 2 aromatic heterocycles. The molecule has 15 rings (SSSR count). The lowest BCUT2D eigenvalue weighted by Crippen LogP contribution is -2.28. The van der Waals surface area contributed by atoms with Crippen molar-refractivity contribution >= 4 is 60.9 Å². The molecule has 344 valence electrons. The van der Waals surface area contributed by atoms with E-state index in [2.05, 4.69) is 267 Å². The first kappa shape index (κ1) is 41.6. The van der Waals surface area contributed by atoms with Crippen molar-refractivity contribution in [2.24, 2.45) is 0 Å². The van der Waals surface area contributed by atoms with Crippen LogP contribution in [0.25, 0.3) is 88.4 Å². The second-order valence-corrected chi connectivity index (χ2v) is 20.3. The molecular formula is C70H47NO2. The van der Waals surface area contributed by atoms with Gasteiger partial charge in [0, 0.05) is 38.5 Å². The Morgan fingerprint density at radius 2 is 0.904 bits per heavy atom. The number of anilines is 3. The molecule has 0 spiro atoms. The summed E-state index contributed by atoms with van der Waals surface area (Å²) in [5.41, 5.74) is 22.8. The summed E-state index contributed by atoms with van der Waals surface area (Å²) >= 11 is 0. The number of nitrogens with zero attached hydrogens (tertiary/aromatic N) is 1. The van der Waals surface area contributed by atoms with Crippen molar-refractivity contribution in [1.29, 1.82) is 0 Å². The number of hydrogen-bond donors (Lipinski definition) is 0. The molecule has 0 N–H and O–H groups in total. The molecule has 0 radical (unpaired) electrons. The van der Waals surface area contributed by atoms with E-state index in [4.69, 9.17) is 8.83 Å². The molecule has 2 aliphatic carbocycles. The number of furan rings is 2. The average Bonchev–Trinajstić information content (AvgIpc) is 4.17. The van der Waals surface area contributed by atoms with E-state index >= 15 is 0 Å². The second kappa shape index (κ2) is 15.7.